The molecule has 8 bridgehead atoms. The van der Waals surface area contributed by atoms with Gasteiger partial charge in [-0.1, -0.05) is 49.3 Å². The van der Waals surface area contributed by atoms with Gasteiger partial charge in [0.25, 0.3) is 0 Å². The smallest absolute Gasteiger partial charge is 1.00 e. The second kappa shape index (κ2) is 15.4. The van der Waals surface area contributed by atoms with E-state index in [0.717, 1.165) is 25.7 Å². The average molecular weight is 670 g/mol. The number of rotatable bonds is 8. The fourth-order valence-corrected chi connectivity index (χ4v) is 9.27. The first-order chi connectivity index (χ1) is 20.0. The number of halogens is 1. The number of fused-ring (bicyclic) bond motifs is 8. The third-order valence-corrected chi connectivity index (χ3v) is 11.7. The Morgan fingerprint density at radius 2 is 1.32 bits per heavy atom. The number of aliphatic carboxylic acids is 2. The van der Waals surface area contributed by atoms with Crippen LogP contribution in [0.4, 0.5) is 0 Å². The van der Waals surface area contributed by atoms with Gasteiger partial charge >= 0.3 is 17.1 Å². The van der Waals surface area contributed by atoms with E-state index in [9.17, 15) is 19.8 Å². The van der Waals surface area contributed by atoms with E-state index >= 15 is 0 Å². The van der Waals surface area contributed by atoms with Gasteiger partial charge in [-0.05, 0) is 94.5 Å². The summed E-state index contributed by atoms with van der Waals surface area (Å²) in [6.45, 7) is 17.4. The second-order valence-electron chi connectivity index (χ2n) is 13.8. The molecule has 0 aliphatic carbocycles. The zero-order valence-corrected chi connectivity index (χ0v) is 28.4. The molecule has 5 rings (SSSR count). The van der Waals surface area contributed by atoms with Crippen LogP contribution < -0.4 is 43.9 Å². The van der Waals surface area contributed by atoms with Crippen molar-refractivity contribution in [2.45, 2.75) is 127 Å². The summed E-state index contributed by atoms with van der Waals surface area (Å²) in [5, 5.41) is 38.8. The number of carboxylic acid groups (broad SMARTS) is 2. The van der Waals surface area contributed by atoms with E-state index in [2.05, 4.69) is 68.2 Å². The van der Waals surface area contributed by atoms with Crippen molar-refractivity contribution in [3.05, 3.63) is 47.6 Å². The SMILES string of the molecule is C=CC1=C(C)C2CC3NC(CC4NC(CC5NC(CC1N2)C(C)C5CCC(=O)[O-])C(CCC(=O)[O-])=C4C)C(C)C3C=C.[Cl-].[Fe+3]. The Morgan fingerprint density at radius 1 is 0.773 bits per heavy atom. The number of hydrogen-bond donors (Lipinski definition) is 4. The van der Waals surface area contributed by atoms with Gasteiger partial charge in [-0.25, -0.2) is 0 Å². The molecule has 5 aliphatic heterocycles. The summed E-state index contributed by atoms with van der Waals surface area (Å²) in [7, 11) is 0. The van der Waals surface area contributed by atoms with Crippen LogP contribution in [0.5, 0.6) is 0 Å². The van der Waals surface area contributed by atoms with Crippen molar-refractivity contribution in [3.8, 4) is 0 Å². The second-order valence-corrected chi connectivity index (χ2v) is 13.8. The van der Waals surface area contributed by atoms with Gasteiger partial charge in [0.2, 0.25) is 0 Å². The molecule has 3 fully saturated rings. The third-order valence-electron chi connectivity index (χ3n) is 11.7. The maximum atomic E-state index is 11.5. The van der Waals surface area contributed by atoms with Gasteiger partial charge in [0.15, 0.2) is 0 Å². The van der Waals surface area contributed by atoms with Crippen molar-refractivity contribution in [2.24, 2.45) is 23.7 Å². The molecule has 5 heterocycles. The van der Waals surface area contributed by atoms with Crippen LogP contribution in [0.3, 0.4) is 0 Å². The molecule has 0 aromatic rings. The van der Waals surface area contributed by atoms with Crippen molar-refractivity contribution in [3.63, 3.8) is 0 Å². The van der Waals surface area contributed by atoms with Crippen LogP contribution in [-0.2, 0) is 26.7 Å². The first-order valence-corrected chi connectivity index (χ1v) is 16.1. The number of carboxylic acids is 2. The maximum absolute atomic E-state index is 11.5. The number of nitrogens with one attached hydrogen (secondary N) is 4. The van der Waals surface area contributed by atoms with Crippen LogP contribution in [0.25, 0.3) is 0 Å². The fraction of sp³-hybridized carbons (Fsp3) is 0.706. The van der Waals surface area contributed by atoms with Gasteiger partial charge in [0.1, 0.15) is 0 Å². The Morgan fingerprint density at radius 3 is 1.95 bits per heavy atom. The molecule has 245 valence electrons. The van der Waals surface area contributed by atoms with Crippen molar-refractivity contribution in [2.75, 3.05) is 0 Å². The fourth-order valence-electron chi connectivity index (χ4n) is 9.27. The Bertz CT molecular complexity index is 1160. The summed E-state index contributed by atoms with van der Waals surface area (Å²) in [5.74, 6) is -0.761. The topological polar surface area (TPSA) is 128 Å². The Labute approximate surface area is 280 Å². The molecular weight excluding hydrogens is 620 g/mol. The normalized spacial score (nSPS) is 39.9. The molecule has 44 heavy (non-hydrogen) atoms. The summed E-state index contributed by atoms with van der Waals surface area (Å²) >= 11 is 0. The van der Waals surface area contributed by atoms with E-state index in [1.165, 1.54) is 22.3 Å². The minimum atomic E-state index is -1.03. The van der Waals surface area contributed by atoms with E-state index in [0.29, 0.717) is 36.8 Å². The predicted octanol–water partition coefficient (Wildman–Crippen LogP) is -1.51. The largest absolute Gasteiger partial charge is 3.00 e. The zero-order chi connectivity index (χ0) is 30.3. The molecule has 0 aromatic carbocycles. The van der Waals surface area contributed by atoms with Gasteiger partial charge in [-0.15, -0.1) is 6.58 Å². The Balaban J connectivity index is 0.00000264. The molecule has 0 amide bonds. The van der Waals surface area contributed by atoms with Crippen molar-refractivity contribution >= 4 is 11.9 Å². The molecule has 0 saturated carbocycles. The van der Waals surface area contributed by atoms with Crippen molar-refractivity contribution in [1.82, 2.24) is 21.3 Å². The van der Waals surface area contributed by atoms with E-state index in [1.54, 1.807) is 0 Å². The zero-order valence-electron chi connectivity index (χ0n) is 26.5. The minimum Gasteiger partial charge on any atom is -1.00 e. The van der Waals surface area contributed by atoms with Crippen LogP contribution in [0.2, 0.25) is 0 Å². The molecule has 12 unspecified atom stereocenters. The van der Waals surface area contributed by atoms with Gasteiger partial charge < -0.3 is 53.5 Å². The van der Waals surface area contributed by atoms with E-state index in [1.807, 2.05) is 6.08 Å². The third kappa shape index (κ3) is 7.40. The summed E-state index contributed by atoms with van der Waals surface area (Å²) in [6, 6.07) is 1.60. The van der Waals surface area contributed by atoms with E-state index in [4.69, 9.17) is 0 Å². The van der Waals surface area contributed by atoms with Gasteiger partial charge in [0.05, 0.1) is 0 Å². The Hall–Kier alpha value is -1.45. The molecule has 0 spiro atoms. The standard InChI is InChI=1S/C34H52N4O4.ClH.Fe/c1-7-21-17(3)25-13-26-19(5)23(9-11-33(39)40)31(37-26)16-32-24(10-12-34(41)42)20(6)28(38-32)15-30-22(8-2)18(4)27(36-30)14-29(21)35-25;;/h7-8,17,20-21,24-32,35-38H,1-2,9-16H2,3-6H3,(H,39,40)(H,41,42);1H;/q;;+3/p-3. The molecule has 12 atom stereocenters. The molecular formula is C34H50ClFeN4O4. The first kappa shape index (κ1) is 37.0. The van der Waals surface area contributed by atoms with Gasteiger partial charge in [-0.3, -0.25) is 0 Å². The van der Waals surface area contributed by atoms with E-state index in [-0.39, 0.29) is 90.4 Å². The van der Waals surface area contributed by atoms with Gasteiger partial charge in [-0.2, -0.15) is 0 Å². The summed E-state index contributed by atoms with van der Waals surface area (Å²) in [5.41, 5.74) is 5.09. The first-order valence-electron chi connectivity index (χ1n) is 16.1. The molecule has 1 radical (unpaired) electrons. The molecule has 3 saturated heterocycles. The summed E-state index contributed by atoms with van der Waals surface area (Å²) < 4.78 is 0. The average Bonchev–Trinajstić information content (AvgIpc) is 3.59. The van der Waals surface area contributed by atoms with Crippen LogP contribution in [0.15, 0.2) is 47.6 Å². The quantitative estimate of drug-likeness (QED) is 0.182. The maximum Gasteiger partial charge on any atom is 3.00 e. The van der Waals surface area contributed by atoms with Crippen LogP contribution >= 0.6 is 0 Å². The predicted molar refractivity (Wildman–Crippen MR) is 161 cm³/mol. The molecule has 8 nitrogen and oxygen atoms in total. The van der Waals surface area contributed by atoms with E-state index < -0.39 is 11.9 Å². The monoisotopic (exact) mass is 669 g/mol. The minimum absolute atomic E-state index is 0. The van der Waals surface area contributed by atoms with Crippen molar-refractivity contribution < 1.29 is 49.3 Å². The van der Waals surface area contributed by atoms with Crippen LogP contribution in [-0.4, -0.2) is 60.3 Å². The van der Waals surface area contributed by atoms with Crippen molar-refractivity contribution in [1.29, 1.82) is 0 Å². The van der Waals surface area contributed by atoms with Crippen LogP contribution in [0, 0.1) is 23.7 Å². The Kier molecular flexibility index (Phi) is 13.0. The summed E-state index contributed by atoms with van der Waals surface area (Å²) in [6.07, 6.45) is 8.86. The van der Waals surface area contributed by atoms with Gasteiger partial charge in [0, 0.05) is 60.3 Å². The molecule has 5 aliphatic rings. The molecule has 0 aromatic heterocycles. The number of hydrogen-bond acceptors (Lipinski definition) is 8. The number of carbonyl (C=O) groups is 2. The summed E-state index contributed by atoms with van der Waals surface area (Å²) in [4.78, 5) is 23.0. The molecule has 4 N–H and O–H groups in total. The number of carbonyl (C=O) groups excluding carboxylic acids is 2. The molecule has 10 heteroatoms. The van der Waals surface area contributed by atoms with Crippen LogP contribution in [0.1, 0.15) is 79.1 Å².